The molecule has 2 saturated heterocycles. The lowest BCUT2D eigenvalue weighted by atomic mass is 9.87. The maximum Gasteiger partial charge on any atom is 0.387 e. The van der Waals surface area contributed by atoms with Gasteiger partial charge >= 0.3 is 6.61 Å². The summed E-state index contributed by atoms with van der Waals surface area (Å²) < 4.78 is 28.9. The molecule has 0 amide bonds. The normalized spacial score (nSPS) is 32.6. The van der Waals surface area contributed by atoms with Gasteiger partial charge in [-0.2, -0.15) is 20.5 Å². The molecule has 3 rings (SSSR count). The average molecular weight is 300 g/mol. The molecule has 1 aromatic rings. The van der Waals surface area contributed by atoms with E-state index >= 15 is 0 Å². The van der Waals surface area contributed by atoms with Crippen LogP contribution in [-0.2, 0) is 6.42 Å². The second kappa shape index (κ2) is 5.53. The summed E-state index contributed by atoms with van der Waals surface area (Å²) in [6.07, 6.45) is 4.49. The molecule has 110 valence electrons. The largest absolute Gasteiger partial charge is 0.435 e. The molecule has 2 aliphatic heterocycles. The van der Waals surface area contributed by atoms with Gasteiger partial charge in [0, 0.05) is 16.9 Å². The van der Waals surface area contributed by atoms with Crippen molar-refractivity contribution in [2.45, 2.75) is 54.8 Å². The van der Waals surface area contributed by atoms with E-state index in [0.29, 0.717) is 16.9 Å². The van der Waals surface area contributed by atoms with Crippen LogP contribution in [0.15, 0.2) is 24.3 Å². The van der Waals surface area contributed by atoms with Crippen molar-refractivity contribution < 1.29 is 18.6 Å². The minimum Gasteiger partial charge on any atom is -0.435 e. The number of rotatable bonds is 4. The average Bonchev–Trinajstić information content (AvgIpc) is 2.68. The summed E-state index contributed by atoms with van der Waals surface area (Å²) in [5, 5.41) is 11.9. The molecule has 0 aromatic heterocycles. The summed E-state index contributed by atoms with van der Waals surface area (Å²) in [4.78, 5) is 0. The number of benzene rings is 1. The molecule has 2 unspecified atom stereocenters. The minimum atomic E-state index is -2.81. The molecule has 20 heavy (non-hydrogen) atoms. The zero-order valence-electron chi connectivity index (χ0n) is 11.1. The van der Waals surface area contributed by atoms with Crippen LogP contribution < -0.4 is 4.74 Å². The first-order valence-corrected chi connectivity index (χ1v) is 7.88. The van der Waals surface area contributed by atoms with E-state index < -0.39 is 12.2 Å². The van der Waals surface area contributed by atoms with Gasteiger partial charge in [-0.05, 0) is 43.4 Å². The summed E-state index contributed by atoms with van der Waals surface area (Å²) in [7, 11) is 0. The van der Waals surface area contributed by atoms with Crippen molar-refractivity contribution in [1.82, 2.24) is 0 Å². The Kier molecular flexibility index (Phi) is 3.91. The summed E-state index contributed by atoms with van der Waals surface area (Å²) >= 11 is 1.99. The van der Waals surface area contributed by atoms with E-state index in [1.807, 2.05) is 17.8 Å². The highest BCUT2D eigenvalue weighted by molar-refractivity contribution is 8.00. The van der Waals surface area contributed by atoms with Crippen molar-refractivity contribution in [3.63, 3.8) is 0 Å². The van der Waals surface area contributed by atoms with Gasteiger partial charge in [0.1, 0.15) is 5.75 Å². The number of hydrogen-bond donors (Lipinski definition) is 1. The lowest BCUT2D eigenvalue weighted by Gasteiger charge is -2.36. The standard InChI is InChI=1S/C15H18F2O2S/c16-14(17)19-11-3-1-2-10(6-11)7-15(18)8-12-4-5-13(9-15)20-12/h1-3,6,12-14,18H,4-5,7-9H2. The zero-order valence-corrected chi connectivity index (χ0v) is 11.9. The molecule has 1 aromatic carbocycles. The Morgan fingerprint density at radius 3 is 2.65 bits per heavy atom. The Morgan fingerprint density at radius 1 is 1.30 bits per heavy atom. The first-order chi connectivity index (χ1) is 9.52. The third-order valence-electron chi connectivity index (χ3n) is 4.07. The SMILES string of the molecule is OC1(Cc2cccc(OC(F)F)c2)CC2CCC(C1)S2. The molecule has 0 spiro atoms. The highest BCUT2D eigenvalue weighted by atomic mass is 32.2. The highest BCUT2D eigenvalue weighted by Gasteiger charge is 2.43. The van der Waals surface area contributed by atoms with E-state index in [0.717, 1.165) is 18.4 Å². The predicted octanol–water partition coefficient (Wildman–Crippen LogP) is 3.62. The fourth-order valence-corrected chi connectivity index (χ4v) is 5.27. The number of thioether (sulfide) groups is 1. The zero-order chi connectivity index (χ0) is 14.2. The first kappa shape index (κ1) is 14.1. The fraction of sp³-hybridized carbons (Fsp3) is 0.600. The van der Waals surface area contributed by atoms with Gasteiger partial charge in [-0.15, -0.1) is 0 Å². The maximum atomic E-state index is 12.2. The van der Waals surface area contributed by atoms with Crippen molar-refractivity contribution in [2.24, 2.45) is 0 Å². The van der Waals surface area contributed by atoms with Gasteiger partial charge in [-0.25, -0.2) is 0 Å². The van der Waals surface area contributed by atoms with Crippen LogP contribution in [0.3, 0.4) is 0 Å². The second-order valence-electron chi connectivity index (χ2n) is 5.79. The number of alkyl halides is 2. The van der Waals surface area contributed by atoms with Crippen molar-refractivity contribution >= 4 is 11.8 Å². The molecule has 0 radical (unpaired) electrons. The van der Waals surface area contributed by atoms with Gasteiger partial charge in [-0.3, -0.25) is 0 Å². The molecule has 2 aliphatic rings. The predicted molar refractivity (Wildman–Crippen MR) is 75.4 cm³/mol. The second-order valence-corrected chi connectivity index (χ2v) is 7.40. The van der Waals surface area contributed by atoms with E-state index in [2.05, 4.69) is 4.74 Å². The summed E-state index contributed by atoms with van der Waals surface area (Å²) in [6, 6.07) is 6.68. The Balaban J connectivity index is 1.70. The molecule has 5 heteroatoms. The van der Waals surface area contributed by atoms with E-state index in [9.17, 15) is 13.9 Å². The molecule has 2 bridgehead atoms. The summed E-state index contributed by atoms with van der Waals surface area (Å²) in [6.45, 7) is -2.81. The van der Waals surface area contributed by atoms with Crippen LogP contribution in [0.4, 0.5) is 8.78 Å². The van der Waals surface area contributed by atoms with E-state index in [4.69, 9.17) is 0 Å². The Hall–Kier alpha value is -0.810. The van der Waals surface area contributed by atoms with Crippen LogP contribution in [-0.4, -0.2) is 27.8 Å². The molecule has 2 atom stereocenters. The first-order valence-electron chi connectivity index (χ1n) is 6.94. The van der Waals surface area contributed by atoms with Gasteiger partial charge in [0.05, 0.1) is 5.60 Å². The van der Waals surface area contributed by atoms with Crippen LogP contribution >= 0.6 is 11.8 Å². The third kappa shape index (κ3) is 3.26. The fourth-order valence-electron chi connectivity index (χ4n) is 3.37. The van der Waals surface area contributed by atoms with E-state index in [1.165, 1.54) is 18.9 Å². The molecule has 0 aliphatic carbocycles. The van der Waals surface area contributed by atoms with Gasteiger partial charge in [-0.1, -0.05) is 12.1 Å². The van der Waals surface area contributed by atoms with Crippen LogP contribution in [0, 0.1) is 0 Å². The van der Waals surface area contributed by atoms with Gasteiger partial charge in [0.15, 0.2) is 0 Å². The number of fused-ring (bicyclic) bond motifs is 2. The Morgan fingerprint density at radius 2 is 2.00 bits per heavy atom. The number of ether oxygens (including phenoxy) is 1. The molecule has 0 saturated carbocycles. The molecular weight excluding hydrogens is 282 g/mol. The van der Waals surface area contributed by atoms with Crippen molar-refractivity contribution in [3.8, 4) is 5.75 Å². The van der Waals surface area contributed by atoms with Crippen LogP contribution in [0.25, 0.3) is 0 Å². The number of hydrogen-bond acceptors (Lipinski definition) is 3. The van der Waals surface area contributed by atoms with Crippen molar-refractivity contribution in [2.75, 3.05) is 0 Å². The van der Waals surface area contributed by atoms with Gasteiger partial charge in [0.2, 0.25) is 0 Å². The maximum absolute atomic E-state index is 12.2. The van der Waals surface area contributed by atoms with E-state index in [1.54, 1.807) is 12.1 Å². The molecule has 2 heterocycles. The molecule has 2 fully saturated rings. The highest BCUT2D eigenvalue weighted by Crippen LogP contribution is 2.48. The van der Waals surface area contributed by atoms with Gasteiger partial charge in [0.25, 0.3) is 0 Å². The smallest absolute Gasteiger partial charge is 0.387 e. The molecule has 1 N–H and O–H groups in total. The third-order valence-corrected chi connectivity index (χ3v) is 5.64. The number of aliphatic hydroxyl groups is 1. The summed E-state index contributed by atoms with van der Waals surface area (Å²) in [5.41, 5.74) is 0.164. The topological polar surface area (TPSA) is 29.5 Å². The summed E-state index contributed by atoms with van der Waals surface area (Å²) in [5.74, 6) is 0.161. The lowest BCUT2D eigenvalue weighted by molar-refractivity contribution is -0.0499. The minimum absolute atomic E-state index is 0.161. The Bertz CT molecular complexity index is 469. The van der Waals surface area contributed by atoms with Crippen LogP contribution in [0.1, 0.15) is 31.2 Å². The van der Waals surface area contributed by atoms with Crippen molar-refractivity contribution in [3.05, 3.63) is 29.8 Å². The van der Waals surface area contributed by atoms with Crippen LogP contribution in [0.2, 0.25) is 0 Å². The van der Waals surface area contributed by atoms with Crippen molar-refractivity contribution in [1.29, 1.82) is 0 Å². The van der Waals surface area contributed by atoms with Gasteiger partial charge < -0.3 is 9.84 Å². The monoisotopic (exact) mass is 300 g/mol. The molecular formula is C15H18F2O2S. The van der Waals surface area contributed by atoms with Crippen LogP contribution in [0.5, 0.6) is 5.75 Å². The molecule has 2 nitrogen and oxygen atoms in total. The Labute approximate surface area is 121 Å². The number of halogens is 2. The lowest BCUT2D eigenvalue weighted by Crippen LogP contribution is -2.39. The quantitative estimate of drug-likeness (QED) is 0.921. The van der Waals surface area contributed by atoms with E-state index in [-0.39, 0.29) is 5.75 Å².